The fourth-order valence-electron chi connectivity index (χ4n) is 2.56. The van der Waals surface area contributed by atoms with Crippen molar-refractivity contribution < 1.29 is 0 Å². The summed E-state index contributed by atoms with van der Waals surface area (Å²) in [6.07, 6.45) is 5.03. The Balaban J connectivity index is 2.09. The van der Waals surface area contributed by atoms with Crippen LogP contribution in [0.2, 0.25) is 0 Å². The van der Waals surface area contributed by atoms with Gasteiger partial charge in [-0.05, 0) is 43.4 Å². The molecule has 1 aliphatic carbocycles. The third-order valence-electron chi connectivity index (χ3n) is 3.53. The van der Waals surface area contributed by atoms with Crippen molar-refractivity contribution in [2.75, 3.05) is 0 Å². The maximum absolute atomic E-state index is 5.99. The standard InChI is InChI=1S/C14H17N3/c1-10-4-2-3-5-13(10)17-14-7-6-12(15)8-11(14)9-16-17/h2-5,9,12H,6-8,15H2,1H3. The van der Waals surface area contributed by atoms with Gasteiger partial charge in [0.2, 0.25) is 0 Å². The van der Waals surface area contributed by atoms with Crippen molar-refractivity contribution in [1.29, 1.82) is 0 Å². The topological polar surface area (TPSA) is 43.8 Å². The van der Waals surface area contributed by atoms with Crippen LogP contribution in [0.25, 0.3) is 5.69 Å². The van der Waals surface area contributed by atoms with E-state index in [4.69, 9.17) is 5.73 Å². The van der Waals surface area contributed by atoms with E-state index in [0.29, 0.717) is 6.04 Å². The molecule has 0 bridgehead atoms. The highest BCUT2D eigenvalue weighted by Gasteiger charge is 2.20. The van der Waals surface area contributed by atoms with Gasteiger partial charge in [-0.2, -0.15) is 5.10 Å². The average molecular weight is 227 g/mol. The molecule has 3 rings (SSSR count). The second-order valence-electron chi connectivity index (χ2n) is 4.82. The fraction of sp³-hybridized carbons (Fsp3) is 0.357. The van der Waals surface area contributed by atoms with Gasteiger partial charge >= 0.3 is 0 Å². The Morgan fingerprint density at radius 3 is 3.00 bits per heavy atom. The van der Waals surface area contributed by atoms with Gasteiger partial charge in [0.15, 0.2) is 0 Å². The lowest BCUT2D eigenvalue weighted by atomic mass is 9.94. The molecule has 3 nitrogen and oxygen atoms in total. The van der Waals surface area contributed by atoms with Gasteiger partial charge < -0.3 is 5.73 Å². The number of aromatic nitrogens is 2. The SMILES string of the molecule is Cc1ccccc1-n1ncc2c1CCC(N)C2. The van der Waals surface area contributed by atoms with E-state index < -0.39 is 0 Å². The third-order valence-corrected chi connectivity index (χ3v) is 3.53. The molecule has 1 aromatic heterocycles. The molecule has 0 aliphatic heterocycles. The molecule has 2 aromatic rings. The van der Waals surface area contributed by atoms with Crippen molar-refractivity contribution in [3.8, 4) is 5.69 Å². The van der Waals surface area contributed by atoms with E-state index in [1.807, 2.05) is 6.20 Å². The highest BCUT2D eigenvalue weighted by Crippen LogP contribution is 2.24. The minimum absolute atomic E-state index is 0.303. The number of aryl methyl sites for hydroxylation is 1. The first-order valence-corrected chi connectivity index (χ1v) is 6.13. The van der Waals surface area contributed by atoms with Gasteiger partial charge in [0.1, 0.15) is 0 Å². The lowest BCUT2D eigenvalue weighted by Crippen LogP contribution is -2.28. The first kappa shape index (κ1) is 10.5. The number of rotatable bonds is 1. The number of hydrogen-bond donors (Lipinski definition) is 1. The Kier molecular flexibility index (Phi) is 2.48. The summed E-state index contributed by atoms with van der Waals surface area (Å²) in [6.45, 7) is 2.12. The summed E-state index contributed by atoms with van der Waals surface area (Å²) < 4.78 is 2.08. The highest BCUT2D eigenvalue weighted by atomic mass is 15.3. The van der Waals surface area contributed by atoms with Crippen LogP contribution in [0.4, 0.5) is 0 Å². The van der Waals surface area contributed by atoms with Crippen LogP contribution in [-0.4, -0.2) is 15.8 Å². The molecule has 1 aromatic carbocycles. The number of nitrogens with zero attached hydrogens (tertiary/aromatic N) is 2. The van der Waals surface area contributed by atoms with Crippen LogP contribution in [0, 0.1) is 6.92 Å². The molecule has 88 valence electrons. The maximum Gasteiger partial charge on any atom is 0.0678 e. The van der Waals surface area contributed by atoms with Crippen LogP contribution < -0.4 is 5.73 Å². The molecule has 1 heterocycles. The zero-order valence-corrected chi connectivity index (χ0v) is 10.1. The monoisotopic (exact) mass is 227 g/mol. The van der Waals surface area contributed by atoms with Crippen molar-refractivity contribution in [3.05, 3.63) is 47.3 Å². The molecule has 2 N–H and O–H groups in total. The smallest absolute Gasteiger partial charge is 0.0678 e. The van der Waals surface area contributed by atoms with E-state index in [-0.39, 0.29) is 0 Å². The molecule has 0 saturated heterocycles. The number of para-hydroxylation sites is 1. The zero-order valence-electron chi connectivity index (χ0n) is 10.1. The van der Waals surface area contributed by atoms with Crippen molar-refractivity contribution in [2.24, 2.45) is 5.73 Å². The van der Waals surface area contributed by atoms with Crippen LogP contribution in [0.1, 0.15) is 23.2 Å². The number of benzene rings is 1. The third kappa shape index (κ3) is 1.76. The Labute approximate surface area is 101 Å². The molecule has 0 fully saturated rings. The first-order chi connectivity index (χ1) is 8.25. The Morgan fingerprint density at radius 1 is 1.35 bits per heavy atom. The van der Waals surface area contributed by atoms with Crippen LogP contribution in [-0.2, 0) is 12.8 Å². The Hall–Kier alpha value is -1.61. The van der Waals surface area contributed by atoms with Gasteiger partial charge in [0.05, 0.1) is 11.9 Å². The molecule has 0 saturated carbocycles. The fourth-order valence-corrected chi connectivity index (χ4v) is 2.56. The van der Waals surface area contributed by atoms with Crippen molar-refractivity contribution in [2.45, 2.75) is 32.2 Å². The van der Waals surface area contributed by atoms with Crippen LogP contribution in [0.3, 0.4) is 0 Å². The highest BCUT2D eigenvalue weighted by molar-refractivity contribution is 5.42. The van der Waals surface area contributed by atoms with E-state index in [1.165, 1.54) is 22.5 Å². The van der Waals surface area contributed by atoms with E-state index in [0.717, 1.165) is 19.3 Å². The molecule has 1 aliphatic rings. The first-order valence-electron chi connectivity index (χ1n) is 6.13. The van der Waals surface area contributed by atoms with Gasteiger partial charge in [0, 0.05) is 11.7 Å². The number of hydrogen-bond acceptors (Lipinski definition) is 2. The number of nitrogens with two attached hydrogens (primary N) is 1. The molecule has 0 amide bonds. The largest absolute Gasteiger partial charge is 0.327 e. The summed E-state index contributed by atoms with van der Waals surface area (Å²) in [4.78, 5) is 0. The van der Waals surface area contributed by atoms with Crippen LogP contribution >= 0.6 is 0 Å². The molecular weight excluding hydrogens is 210 g/mol. The lowest BCUT2D eigenvalue weighted by Gasteiger charge is -2.19. The summed E-state index contributed by atoms with van der Waals surface area (Å²) in [5.74, 6) is 0. The minimum Gasteiger partial charge on any atom is -0.327 e. The van der Waals surface area contributed by atoms with Crippen molar-refractivity contribution in [3.63, 3.8) is 0 Å². The second kappa shape index (κ2) is 4.00. The minimum atomic E-state index is 0.303. The predicted molar refractivity (Wildman–Crippen MR) is 68.3 cm³/mol. The summed E-state index contributed by atoms with van der Waals surface area (Å²) in [5.41, 5.74) is 11.1. The quantitative estimate of drug-likeness (QED) is 0.809. The molecule has 1 unspecified atom stereocenters. The average Bonchev–Trinajstić information content (AvgIpc) is 2.72. The van der Waals surface area contributed by atoms with E-state index in [9.17, 15) is 0 Å². The summed E-state index contributed by atoms with van der Waals surface area (Å²) in [6, 6.07) is 8.67. The van der Waals surface area contributed by atoms with Gasteiger partial charge in [-0.3, -0.25) is 0 Å². The molecule has 0 radical (unpaired) electrons. The molecule has 1 atom stereocenters. The molecule has 0 spiro atoms. The summed E-state index contributed by atoms with van der Waals surface area (Å²) in [5, 5.41) is 4.52. The van der Waals surface area contributed by atoms with E-state index >= 15 is 0 Å². The van der Waals surface area contributed by atoms with Gasteiger partial charge in [-0.15, -0.1) is 0 Å². The number of fused-ring (bicyclic) bond motifs is 1. The van der Waals surface area contributed by atoms with Gasteiger partial charge in [0.25, 0.3) is 0 Å². The van der Waals surface area contributed by atoms with Gasteiger partial charge in [-0.25, -0.2) is 4.68 Å². The molecule has 3 heteroatoms. The van der Waals surface area contributed by atoms with E-state index in [1.54, 1.807) is 0 Å². The Morgan fingerprint density at radius 2 is 2.18 bits per heavy atom. The Bertz CT molecular complexity index is 542. The van der Waals surface area contributed by atoms with Crippen LogP contribution in [0.5, 0.6) is 0 Å². The maximum atomic E-state index is 5.99. The van der Waals surface area contributed by atoms with Crippen LogP contribution in [0.15, 0.2) is 30.5 Å². The lowest BCUT2D eigenvalue weighted by molar-refractivity contribution is 0.562. The molecule has 17 heavy (non-hydrogen) atoms. The summed E-state index contributed by atoms with van der Waals surface area (Å²) >= 11 is 0. The zero-order chi connectivity index (χ0) is 11.8. The summed E-state index contributed by atoms with van der Waals surface area (Å²) in [7, 11) is 0. The van der Waals surface area contributed by atoms with Crippen molar-refractivity contribution >= 4 is 0 Å². The normalized spacial score (nSPS) is 19.1. The predicted octanol–water partition coefficient (Wildman–Crippen LogP) is 2.00. The van der Waals surface area contributed by atoms with Gasteiger partial charge in [-0.1, -0.05) is 18.2 Å². The van der Waals surface area contributed by atoms with E-state index in [2.05, 4.69) is 41.0 Å². The molecular formula is C14H17N3. The van der Waals surface area contributed by atoms with Crippen molar-refractivity contribution in [1.82, 2.24) is 9.78 Å². The second-order valence-corrected chi connectivity index (χ2v) is 4.82.